The molecule has 0 aromatic carbocycles. The van der Waals surface area contributed by atoms with E-state index in [2.05, 4.69) is 4.74 Å². The SMILES string of the molecule is COC(=O)CS(=O)(=O)N1CCC(CCC(=O)O)CC1. The van der Waals surface area contributed by atoms with Crippen molar-refractivity contribution in [3.63, 3.8) is 0 Å². The maximum atomic E-state index is 11.9. The number of piperidine rings is 1. The summed E-state index contributed by atoms with van der Waals surface area (Å²) in [7, 11) is -2.46. The Kier molecular flexibility index (Phi) is 5.74. The fraction of sp³-hybridized carbons (Fsp3) is 0.818. The second kappa shape index (κ2) is 6.85. The van der Waals surface area contributed by atoms with Gasteiger partial charge in [-0.05, 0) is 25.2 Å². The summed E-state index contributed by atoms with van der Waals surface area (Å²) in [5.41, 5.74) is 0. The van der Waals surface area contributed by atoms with Gasteiger partial charge in [-0.1, -0.05) is 0 Å². The highest BCUT2D eigenvalue weighted by molar-refractivity contribution is 7.89. The van der Waals surface area contributed by atoms with Gasteiger partial charge in [0, 0.05) is 19.5 Å². The summed E-state index contributed by atoms with van der Waals surface area (Å²) in [6.45, 7) is 0.674. The largest absolute Gasteiger partial charge is 0.481 e. The fourth-order valence-corrected chi connectivity index (χ4v) is 3.47. The van der Waals surface area contributed by atoms with Gasteiger partial charge in [-0.3, -0.25) is 9.59 Å². The van der Waals surface area contributed by atoms with Crippen molar-refractivity contribution in [1.29, 1.82) is 0 Å². The topological polar surface area (TPSA) is 101 Å². The molecule has 0 aromatic rings. The number of carbonyl (C=O) groups is 2. The van der Waals surface area contributed by atoms with Crippen LogP contribution in [0.1, 0.15) is 25.7 Å². The Morgan fingerprint density at radius 1 is 1.32 bits per heavy atom. The van der Waals surface area contributed by atoms with Crippen LogP contribution in [0.15, 0.2) is 0 Å². The highest BCUT2D eigenvalue weighted by Gasteiger charge is 2.30. The molecule has 1 rings (SSSR count). The van der Waals surface area contributed by atoms with Crippen LogP contribution in [0.2, 0.25) is 0 Å². The Bertz CT molecular complexity index is 424. The zero-order valence-corrected chi connectivity index (χ0v) is 11.7. The Hall–Kier alpha value is -1.15. The standard InChI is InChI=1S/C11H19NO6S/c1-18-11(15)8-19(16,17)12-6-4-9(5-7-12)2-3-10(13)14/h9H,2-8H2,1H3,(H,13,14). The maximum absolute atomic E-state index is 11.9. The zero-order chi connectivity index (χ0) is 14.5. The van der Waals surface area contributed by atoms with Gasteiger partial charge in [0.15, 0.2) is 5.75 Å². The van der Waals surface area contributed by atoms with E-state index in [1.807, 2.05) is 0 Å². The molecular formula is C11H19NO6S. The maximum Gasteiger partial charge on any atom is 0.322 e. The van der Waals surface area contributed by atoms with E-state index in [1.54, 1.807) is 0 Å². The van der Waals surface area contributed by atoms with Crippen LogP contribution < -0.4 is 0 Å². The molecule has 1 fully saturated rings. The lowest BCUT2D eigenvalue weighted by Gasteiger charge is -2.30. The number of sulfonamides is 1. The van der Waals surface area contributed by atoms with Crippen LogP contribution in [-0.4, -0.2) is 55.7 Å². The van der Waals surface area contributed by atoms with E-state index in [1.165, 1.54) is 4.31 Å². The Morgan fingerprint density at radius 3 is 2.37 bits per heavy atom. The molecule has 1 heterocycles. The summed E-state index contributed by atoms with van der Waals surface area (Å²) in [4.78, 5) is 21.5. The number of carbonyl (C=O) groups excluding carboxylic acids is 1. The number of hydrogen-bond donors (Lipinski definition) is 1. The van der Waals surface area contributed by atoms with E-state index < -0.39 is 27.7 Å². The van der Waals surface area contributed by atoms with Crippen LogP contribution in [0.5, 0.6) is 0 Å². The summed E-state index contributed by atoms with van der Waals surface area (Å²) in [5, 5.41) is 8.59. The number of aliphatic carboxylic acids is 1. The first-order valence-electron chi connectivity index (χ1n) is 6.11. The van der Waals surface area contributed by atoms with Crippen molar-refractivity contribution in [3.05, 3.63) is 0 Å². The van der Waals surface area contributed by atoms with Gasteiger partial charge in [-0.15, -0.1) is 0 Å². The van der Waals surface area contributed by atoms with E-state index in [0.29, 0.717) is 32.4 Å². The number of rotatable bonds is 6. The molecule has 0 aromatic heterocycles. The molecule has 0 spiro atoms. The molecule has 1 aliphatic heterocycles. The minimum atomic E-state index is -3.61. The van der Waals surface area contributed by atoms with E-state index in [4.69, 9.17) is 5.11 Å². The lowest BCUT2D eigenvalue weighted by Crippen LogP contribution is -2.41. The van der Waals surface area contributed by atoms with Gasteiger partial charge < -0.3 is 9.84 Å². The van der Waals surface area contributed by atoms with Crippen LogP contribution in [0, 0.1) is 5.92 Å². The molecular weight excluding hydrogens is 274 g/mol. The normalized spacial score (nSPS) is 18.2. The minimum absolute atomic E-state index is 0.111. The number of carboxylic acids is 1. The molecule has 0 bridgehead atoms. The quantitative estimate of drug-likeness (QED) is 0.695. The van der Waals surface area contributed by atoms with Crippen molar-refractivity contribution in [1.82, 2.24) is 4.31 Å². The van der Waals surface area contributed by atoms with Gasteiger partial charge in [0.05, 0.1) is 7.11 Å². The highest BCUT2D eigenvalue weighted by Crippen LogP contribution is 2.23. The summed E-state index contributed by atoms with van der Waals surface area (Å²) in [6, 6.07) is 0. The molecule has 0 radical (unpaired) electrons. The molecule has 0 amide bonds. The van der Waals surface area contributed by atoms with Crippen molar-refractivity contribution in [2.45, 2.75) is 25.7 Å². The molecule has 1 saturated heterocycles. The summed E-state index contributed by atoms with van der Waals surface area (Å²) in [6.07, 6.45) is 1.95. The van der Waals surface area contributed by atoms with Gasteiger partial charge in [0.25, 0.3) is 0 Å². The molecule has 0 unspecified atom stereocenters. The van der Waals surface area contributed by atoms with Crippen molar-refractivity contribution in [3.8, 4) is 0 Å². The van der Waals surface area contributed by atoms with Crippen LogP contribution >= 0.6 is 0 Å². The van der Waals surface area contributed by atoms with Gasteiger partial charge >= 0.3 is 11.9 Å². The molecule has 7 nitrogen and oxygen atoms in total. The van der Waals surface area contributed by atoms with Crippen molar-refractivity contribution < 1.29 is 27.9 Å². The van der Waals surface area contributed by atoms with Gasteiger partial charge in [0.1, 0.15) is 0 Å². The van der Waals surface area contributed by atoms with Crippen LogP contribution in [-0.2, 0) is 24.3 Å². The molecule has 19 heavy (non-hydrogen) atoms. The first-order valence-corrected chi connectivity index (χ1v) is 7.72. The molecule has 0 atom stereocenters. The van der Waals surface area contributed by atoms with E-state index in [-0.39, 0.29) is 12.3 Å². The van der Waals surface area contributed by atoms with E-state index in [9.17, 15) is 18.0 Å². The third-order valence-corrected chi connectivity index (χ3v) is 5.01. The van der Waals surface area contributed by atoms with Crippen LogP contribution in [0.4, 0.5) is 0 Å². The number of esters is 1. The molecule has 0 saturated carbocycles. The van der Waals surface area contributed by atoms with Crippen LogP contribution in [0.3, 0.4) is 0 Å². The smallest absolute Gasteiger partial charge is 0.322 e. The number of ether oxygens (including phenoxy) is 1. The third-order valence-electron chi connectivity index (χ3n) is 3.26. The second-order valence-corrected chi connectivity index (χ2v) is 6.58. The van der Waals surface area contributed by atoms with Crippen LogP contribution in [0.25, 0.3) is 0 Å². The first kappa shape index (κ1) is 15.9. The third kappa shape index (κ3) is 5.15. The Labute approximate surface area is 112 Å². The lowest BCUT2D eigenvalue weighted by molar-refractivity contribution is -0.138. The molecule has 8 heteroatoms. The predicted octanol–water partition coefficient (Wildman–Crippen LogP) is 0.0660. The van der Waals surface area contributed by atoms with E-state index in [0.717, 1.165) is 7.11 Å². The average Bonchev–Trinajstić information content (AvgIpc) is 2.36. The average molecular weight is 293 g/mol. The molecule has 110 valence electrons. The summed E-state index contributed by atoms with van der Waals surface area (Å²) in [5.74, 6) is -2.00. The molecule has 1 aliphatic rings. The number of carboxylic acid groups (broad SMARTS) is 1. The number of nitrogens with zero attached hydrogens (tertiary/aromatic N) is 1. The zero-order valence-electron chi connectivity index (χ0n) is 10.9. The molecule has 0 aliphatic carbocycles. The Morgan fingerprint density at radius 2 is 1.89 bits per heavy atom. The van der Waals surface area contributed by atoms with E-state index >= 15 is 0 Å². The van der Waals surface area contributed by atoms with Crippen molar-refractivity contribution in [2.24, 2.45) is 5.92 Å². The summed E-state index contributed by atoms with van der Waals surface area (Å²) < 4.78 is 29.3. The highest BCUT2D eigenvalue weighted by atomic mass is 32.2. The van der Waals surface area contributed by atoms with Crippen molar-refractivity contribution >= 4 is 22.0 Å². The predicted molar refractivity (Wildman–Crippen MR) is 67.0 cm³/mol. The van der Waals surface area contributed by atoms with Gasteiger partial charge in [-0.25, -0.2) is 12.7 Å². The minimum Gasteiger partial charge on any atom is -0.481 e. The first-order chi connectivity index (χ1) is 8.85. The Balaban J connectivity index is 2.44. The second-order valence-electron chi connectivity index (χ2n) is 4.61. The summed E-state index contributed by atoms with van der Waals surface area (Å²) >= 11 is 0. The van der Waals surface area contributed by atoms with Gasteiger partial charge in [-0.2, -0.15) is 0 Å². The van der Waals surface area contributed by atoms with Gasteiger partial charge in [0.2, 0.25) is 10.0 Å². The number of hydrogen-bond acceptors (Lipinski definition) is 5. The lowest BCUT2D eigenvalue weighted by atomic mass is 9.93. The molecule has 1 N–H and O–H groups in total. The monoisotopic (exact) mass is 293 g/mol. The van der Waals surface area contributed by atoms with Crippen molar-refractivity contribution in [2.75, 3.05) is 26.0 Å². The fourth-order valence-electron chi connectivity index (χ4n) is 2.10. The number of methoxy groups -OCH3 is 1.